The minimum Gasteiger partial charge on any atom is -0.383 e. The van der Waals surface area contributed by atoms with Crippen molar-refractivity contribution in [2.45, 2.75) is 26.3 Å². The van der Waals surface area contributed by atoms with E-state index in [2.05, 4.69) is 24.5 Å². The van der Waals surface area contributed by atoms with Crippen molar-refractivity contribution >= 4 is 5.91 Å². The van der Waals surface area contributed by atoms with Gasteiger partial charge in [0, 0.05) is 33.2 Å². The van der Waals surface area contributed by atoms with Crippen LogP contribution in [0.2, 0.25) is 0 Å². The third kappa shape index (κ3) is 5.94. The number of hydrogen-bond acceptors (Lipinski definition) is 3. The first-order valence-corrected chi connectivity index (χ1v) is 5.04. The zero-order valence-corrected chi connectivity index (χ0v) is 9.59. The number of ether oxygens (including phenoxy) is 1. The molecule has 0 aromatic heterocycles. The topological polar surface area (TPSA) is 50.4 Å². The van der Waals surface area contributed by atoms with Gasteiger partial charge in [0.2, 0.25) is 5.91 Å². The Morgan fingerprint density at radius 1 is 1.43 bits per heavy atom. The van der Waals surface area contributed by atoms with Crippen LogP contribution in [0, 0.1) is 5.92 Å². The Bertz CT molecular complexity index is 160. The molecular weight excluding hydrogens is 180 g/mol. The fourth-order valence-corrected chi connectivity index (χ4v) is 1.16. The van der Waals surface area contributed by atoms with Gasteiger partial charge in [-0.25, -0.2) is 0 Å². The van der Waals surface area contributed by atoms with Gasteiger partial charge in [0.05, 0.1) is 6.61 Å². The number of carbonyl (C=O) groups excluding carboxylic acids is 1. The van der Waals surface area contributed by atoms with E-state index >= 15 is 0 Å². The van der Waals surface area contributed by atoms with E-state index in [-0.39, 0.29) is 5.91 Å². The highest BCUT2D eigenvalue weighted by Gasteiger charge is 2.12. The van der Waals surface area contributed by atoms with E-state index in [1.54, 1.807) is 14.2 Å². The van der Waals surface area contributed by atoms with Crippen molar-refractivity contribution in [1.82, 2.24) is 10.6 Å². The molecule has 84 valence electrons. The highest BCUT2D eigenvalue weighted by Crippen LogP contribution is 2.01. The molecule has 0 radical (unpaired) electrons. The first-order chi connectivity index (χ1) is 6.61. The minimum atomic E-state index is 0.0671. The van der Waals surface area contributed by atoms with E-state index in [1.807, 2.05) is 0 Å². The van der Waals surface area contributed by atoms with Crippen molar-refractivity contribution in [1.29, 1.82) is 0 Å². The number of methoxy groups -OCH3 is 1. The molecule has 4 nitrogen and oxygen atoms in total. The Morgan fingerprint density at radius 3 is 2.50 bits per heavy atom. The number of amides is 1. The van der Waals surface area contributed by atoms with Crippen LogP contribution < -0.4 is 10.6 Å². The lowest BCUT2D eigenvalue weighted by Gasteiger charge is -2.21. The molecule has 0 rings (SSSR count). The van der Waals surface area contributed by atoms with Crippen molar-refractivity contribution in [2.75, 3.05) is 27.3 Å². The summed E-state index contributed by atoms with van der Waals surface area (Å²) < 4.78 is 5.09. The van der Waals surface area contributed by atoms with Crippen molar-refractivity contribution in [3.05, 3.63) is 0 Å². The fraction of sp³-hybridized carbons (Fsp3) is 0.900. The van der Waals surface area contributed by atoms with Gasteiger partial charge in [-0.15, -0.1) is 0 Å². The summed E-state index contributed by atoms with van der Waals surface area (Å²) in [6, 6.07) is 0.324. The average molecular weight is 202 g/mol. The number of hydrogen-bond donors (Lipinski definition) is 2. The molecule has 0 spiro atoms. The van der Waals surface area contributed by atoms with E-state index in [0.29, 0.717) is 31.5 Å². The third-order valence-electron chi connectivity index (χ3n) is 2.19. The second-order valence-electron chi connectivity index (χ2n) is 3.68. The molecule has 2 N–H and O–H groups in total. The number of rotatable bonds is 7. The first-order valence-electron chi connectivity index (χ1n) is 5.04. The smallest absolute Gasteiger partial charge is 0.221 e. The van der Waals surface area contributed by atoms with Crippen molar-refractivity contribution in [2.24, 2.45) is 5.92 Å². The molecule has 4 heteroatoms. The molecule has 0 saturated heterocycles. The molecule has 0 bridgehead atoms. The van der Waals surface area contributed by atoms with Gasteiger partial charge in [-0.2, -0.15) is 0 Å². The maximum atomic E-state index is 10.9. The molecule has 0 aromatic rings. The summed E-state index contributed by atoms with van der Waals surface area (Å²) in [6.45, 7) is 5.66. The first kappa shape index (κ1) is 13.4. The molecule has 1 amide bonds. The standard InChI is InChI=1S/C10H22N2O2/c1-8(2)9(7-14-4)12-6-5-10(13)11-3/h8-9,12H,5-7H2,1-4H3,(H,11,13). The van der Waals surface area contributed by atoms with Crippen molar-refractivity contribution in [3.63, 3.8) is 0 Å². The molecule has 0 aliphatic rings. The lowest BCUT2D eigenvalue weighted by molar-refractivity contribution is -0.120. The van der Waals surface area contributed by atoms with Gasteiger partial charge in [0.1, 0.15) is 0 Å². The molecule has 0 aliphatic carbocycles. The predicted molar refractivity (Wildman–Crippen MR) is 57.2 cm³/mol. The average Bonchev–Trinajstić information content (AvgIpc) is 2.16. The lowest BCUT2D eigenvalue weighted by atomic mass is 10.1. The van der Waals surface area contributed by atoms with Crippen LogP contribution in [0.25, 0.3) is 0 Å². The maximum Gasteiger partial charge on any atom is 0.221 e. The Kier molecular flexibility index (Phi) is 7.42. The molecule has 0 aliphatic heterocycles. The molecule has 1 unspecified atom stereocenters. The largest absolute Gasteiger partial charge is 0.383 e. The fourth-order valence-electron chi connectivity index (χ4n) is 1.16. The van der Waals surface area contributed by atoms with Gasteiger partial charge in [-0.05, 0) is 5.92 Å². The van der Waals surface area contributed by atoms with Crippen LogP contribution in [0.4, 0.5) is 0 Å². The third-order valence-corrected chi connectivity index (χ3v) is 2.19. The quantitative estimate of drug-likeness (QED) is 0.627. The van der Waals surface area contributed by atoms with Crippen molar-refractivity contribution < 1.29 is 9.53 Å². The zero-order chi connectivity index (χ0) is 11.0. The summed E-state index contributed by atoms with van der Waals surface area (Å²) in [5.41, 5.74) is 0. The lowest BCUT2D eigenvalue weighted by Crippen LogP contribution is -2.39. The van der Waals surface area contributed by atoms with Crippen LogP contribution >= 0.6 is 0 Å². The van der Waals surface area contributed by atoms with Crippen LogP contribution in [-0.2, 0) is 9.53 Å². The Morgan fingerprint density at radius 2 is 2.07 bits per heavy atom. The Labute approximate surface area is 86.4 Å². The second kappa shape index (κ2) is 7.76. The van der Waals surface area contributed by atoms with E-state index in [4.69, 9.17) is 4.74 Å². The summed E-state index contributed by atoms with van der Waals surface area (Å²) in [6.07, 6.45) is 0.517. The second-order valence-corrected chi connectivity index (χ2v) is 3.68. The van der Waals surface area contributed by atoms with Crippen molar-refractivity contribution in [3.8, 4) is 0 Å². The van der Waals surface area contributed by atoms with E-state index in [1.165, 1.54) is 0 Å². The van der Waals surface area contributed by atoms with Crippen LogP contribution in [0.5, 0.6) is 0 Å². The molecule has 0 aromatic carbocycles. The molecule has 1 atom stereocenters. The minimum absolute atomic E-state index is 0.0671. The summed E-state index contributed by atoms with van der Waals surface area (Å²) in [5.74, 6) is 0.581. The summed E-state index contributed by atoms with van der Waals surface area (Å²) in [4.78, 5) is 10.9. The zero-order valence-electron chi connectivity index (χ0n) is 9.59. The normalized spacial score (nSPS) is 12.9. The molecule has 14 heavy (non-hydrogen) atoms. The number of carbonyl (C=O) groups is 1. The highest BCUT2D eigenvalue weighted by molar-refractivity contribution is 5.75. The van der Waals surface area contributed by atoms with Gasteiger partial charge in [-0.3, -0.25) is 4.79 Å². The summed E-state index contributed by atoms with van der Waals surface area (Å²) in [5, 5.41) is 5.89. The monoisotopic (exact) mass is 202 g/mol. The van der Waals surface area contributed by atoms with Gasteiger partial charge in [0.25, 0.3) is 0 Å². The molecule has 0 fully saturated rings. The van der Waals surface area contributed by atoms with E-state index in [0.717, 1.165) is 0 Å². The molecule has 0 heterocycles. The van der Waals surface area contributed by atoms with Crippen LogP contribution in [0.15, 0.2) is 0 Å². The van der Waals surface area contributed by atoms with Gasteiger partial charge in [-0.1, -0.05) is 13.8 Å². The highest BCUT2D eigenvalue weighted by atomic mass is 16.5. The summed E-state index contributed by atoms with van der Waals surface area (Å²) in [7, 11) is 3.34. The molecular formula is C10H22N2O2. The SMILES string of the molecule is CNC(=O)CCNC(COC)C(C)C. The maximum absolute atomic E-state index is 10.9. The van der Waals surface area contributed by atoms with E-state index < -0.39 is 0 Å². The number of nitrogens with one attached hydrogen (secondary N) is 2. The summed E-state index contributed by atoms with van der Waals surface area (Å²) >= 11 is 0. The Hall–Kier alpha value is -0.610. The van der Waals surface area contributed by atoms with Crippen LogP contribution in [0.3, 0.4) is 0 Å². The predicted octanol–water partition coefficient (Wildman–Crippen LogP) is 0.383. The van der Waals surface area contributed by atoms with Crippen LogP contribution in [0.1, 0.15) is 20.3 Å². The Balaban J connectivity index is 3.65. The van der Waals surface area contributed by atoms with Gasteiger partial charge in [0.15, 0.2) is 0 Å². The molecule has 0 saturated carbocycles. The van der Waals surface area contributed by atoms with Crippen LogP contribution in [-0.4, -0.2) is 39.3 Å². The van der Waals surface area contributed by atoms with Gasteiger partial charge >= 0.3 is 0 Å². The van der Waals surface area contributed by atoms with Gasteiger partial charge < -0.3 is 15.4 Å². The van der Waals surface area contributed by atoms with E-state index in [9.17, 15) is 4.79 Å².